The first-order valence-corrected chi connectivity index (χ1v) is 13.9. The second-order valence-electron chi connectivity index (χ2n) is 7.31. The second kappa shape index (κ2) is 12.8. The van der Waals surface area contributed by atoms with Gasteiger partial charge in [-0.3, -0.25) is 10.1 Å². The van der Waals surface area contributed by atoms with Crippen molar-refractivity contribution in [3.8, 4) is 5.75 Å². The third-order valence-corrected chi connectivity index (χ3v) is 8.10. The number of halogens is 1. The Morgan fingerprint density at radius 2 is 2.00 bits per heavy atom. The quantitative estimate of drug-likeness (QED) is 0.0774. The molecule has 0 fully saturated rings. The molecule has 0 aliphatic heterocycles. The first kappa shape index (κ1) is 26.7. The van der Waals surface area contributed by atoms with E-state index in [9.17, 15) is 4.79 Å². The summed E-state index contributed by atoms with van der Waals surface area (Å²) >= 11 is 10.1. The predicted octanol–water partition coefficient (Wildman–Crippen LogP) is 4.36. The predicted molar refractivity (Wildman–Crippen MR) is 149 cm³/mol. The summed E-state index contributed by atoms with van der Waals surface area (Å²) < 4.78 is 7.19. The molecule has 0 saturated heterocycles. The van der Waals surface area contributed by atoms with Gasteiger partial charge in [-0.05, 0) is 30.7 Å². The third-order valence-electron chi connectivity index (χ3n) is 4.77. The number of hydrazone groups is 1. The molecule has 2 heterocycles. The van der Waals surface area contributed by atoms with Gasteiger partial charge in [-0.15, -0.1) is 20.4 Å². The van der Waals surface area contributed by atoms with Gasteiger partial charge in [0.2, 0.25) is 16.2 Å². The van der Waals surface area contributed by atoms with E-state index in [1.807, 2.05) is 55.5 Å². The monoisotopic (exact) mass is 575 g/mol. The van der Waals surface area contributed by atoms with E-state index in [1.54, 1.807) is 7.11 Å². The van der Waals surface area contributed by atoms with E-state index in [1.165, 1.54) is 27.8 Å². The maximum atomic E-state index is 12.4. The third kappa shape index (κ3) is 7.35. The number of aromatic nitrogens is 5. The molecule has 0 aliphatic carbocycles. The van der Waals surface area contributed by atoms with Gasteiger partial charge < -0.3 is 10.6 Å². The molecule has 0 radical (unpaired) electrons. The highest BCUT2D eigenvalue weighted by Crippen LogP contribution is 2.30. The zero-order chi connectivity index (χ0) is 26.2. The van der Waals surface area contributed by atoms with E-state index < -0.39 is 0 Å². The van der Waals surface area contributed by atoms with Crippen molar-refractivity contribution in [1.29, 1.82) is 0 Å². The molecule has 4 N–H and O–H groups in total. The Morgan fingerprint density at radius 3 is 2.81 bits per heavy atom. The van der Waals surface area contributed by atoms with Crippen LogP contribution in [0.5, 0.6) is 5.75 Å². The van der Waals surface area contributed by atoms with Crippen molar-refractivity contribution < 1.29 is 9.53 Å². The standard InChI is InChI=1S/C22H22ClN9O2S3/c1-13(14-7-5-8-16(10-14)34-2)26-27-19-28-30-21(32(19)24)35-12-18(33)25-20-29-31-22(37-20)36-11-15-6-3-4-9-17(15)23/h3-10H,11-12,24H2,1-2H3,(H,27,28)(H,25,29,33)/b26-13+. The van der Waals surface area contributed by atoms with Crippen molar-refractivity contribution in [2.45, 2.75) is 22.2 Å². The molecular formula is C22H22ClN9O2S3. The molecule has 0 saturated carbocycles. The smallest absolute Gasteiger partial charge is 0.264 e. The lowest BCUT2D eigenvalue weighted by Crippen LogP contribution is -2.17. The molecule has 0 bridgehead atoms. The van der Waals surface area contributed by atoms with Gasteiger partial charge in [-0.25, -0.2) is 10.1 Å². The van der Waals surface area contributed by atoms with E-state index in [0.29, 0.717) is 26.8 Å². The molecule has 15 heteroatoms. The molecule has 2 aromatic heterocycles. The Hall–Kier alpha value is -3.33. The molecule has 11 nitrogen and oxygen atoms in total. The molecule has 192 valence electrons. The number of thioether (sulfide) groups is 2. The van der Waals surface area contributed by atoms with Gasteiger partial charge >= 0.3 is 0 Å². The minimum absolute atomic E-state index is 0.0586. The van der Waals surface area contributed by atoms with Gasteiger partial charge in [0.1, 0.15) is 5.75 Å². The summed E-state index contributed by atoms with van der Waals surface area (Å²) in [6, 6.07) is 15.1. The summed E-state index contributed by atoms with van der Waals surface area (Å²) in [5.41, 5.74) is 5.39. The summed E-state index contributed by atoms with van der Waals surface area (Å²) in [6.45, 7) is 1.84. The van der Waals surface area contributed by atoms with E-state index >= 15 is 0 Å². The molecule has 0 atom stereocenters. The molecule has 1 amide bonds. The number of amides is 1. The number of benzene rings is 2. The Bertz CT molecular complexity index is 1410. The van der Waals surface area contributed by atoms with Crippen LogP contribution in [-0.2, 0) is 10.5 Å². The average molecular weight is 576 g/mol. The number of nitrogens with two attached hydrogens (primary N) is 1. The van der Waals surface area contributed by atoms with E-state index in [2.05, 4.69) is 36.2 Å². The number of methoxy groups -OCH3 is 1. The summed E-state index contributed by atoms with van der Waals surface area (Å²) in [5.74, 6) is 7.47. The van der Waals surface area contributed by atoms with Crippen LogP contribution in [0.3, 0.4) is 0 Å². The van der Waals surface area contributed by atoms with Gasteiger partial charge in [-0.1, -0.05) is 76.8 Å². The lowest BCUT2D eigenvalue weighted by Gasteiger charge is -2.06. The molecule has 0 unspecified atom stereocenters. The van der Waals surface area contributed by atoms with Crippen LogP contribution in [-0.4, -0.2) is 49.6 Å². The fourth-order valence-electron chi connectivity index (χ4n) is 2.86. The van der Waals surface area contributed by atoms with Crippen LogP contribution >= 0.6 is 46.5 Å². The number of carbonyl (C=O) groups is 1. The topological polar surface area (TPSA) is 145 Å². The zero-order valence-electron chi connectivity index (χ0n) is 19.7. The molecule has 37 heavy (non-hydrogen) atoms. The van der Waals surface area contributed by atoms with Crippen molar-refractivity contribution >= 4 is 69.2 Å². The van der Waals surface area contributed by atoms with Crippen LogP contribution in [0, 0.1) is 0 Å². The Balaban J connectivity index is 1.26. The van der Waals surface area contributed by atoms with Crippen LogP contribution < -0.4 is 21.3 Å². The number of nitrogens with zero attached hydrogens (tertiary/aromatic N) is 6. The molecular weight excluding hydrogens is 554 g/mol. The first-order valence-electron chi connectivity index (χ1n) is 10.7. The molecule has 0 aliphatic rings. The van der Waals surface area contributed by atoms with Gasteiger partial charge in [-0.2, -0.15) is 5.10 Å². The number of hydrogen-bond acceptors (Lipinski definition) is 12. The Morgan fingerprint density at radius 1 is 1.16 bits per heavy atom. The highest BCUT2D eigenvalue weighted by atomic mass is 35.5. The lowest BCUT2D eigenvalue weighted by molar-refractivity contribution is -0.113. The fourth-order valence-corrected chi connectivity index (χ4v) is 5.57. The van der Waals surface area contributed by atoms with Crippen molar-refractivity contribution in [2.24, 2.45) is 5.10 Å². The minimum Gasteiger partial charge on any atom is -0.497 e. The summed E-state index contributed by atoms with van der Waals surface area (Å²) in [5, 5.41) is 24.6. The van der Waals surface area contributed by atoms with Crippen LogP contribution in [0.15, 0.2) is 63.1 Å². The number of hydrogen-bond donors (Lipinski definition) is 3. The normalized spacial score (nSPS) is 11.4. The maximum Gasteiger partial charge on any atom is 0.264 e. The highest BCUT2D eigenvalue weighted by molar-refractivity contribution is 8.00. The number of rotatable bonds is 11. The van der Waals surface area contributed by atoms with Crippen LogP contribution in [0.4, 0.5) is 11.1 Å². The Kier molecular flexibility index (Phi) is 9.22. The fraction of sp³-hybridized carbons (Fsp3) is 0.182. The van der Waals surface area contributed by atoms with Gasteiger partial charge in [0.25, 0.3) is 5.95 Å². The number of carbonyl (C=O) groups excluding carboxylic acids is 1. The molecule has 4 rings (SSSR count). The number of nitrogens with one attached hydrogen (secondary N) is 2. The van der Waals surface area contributed by atoms with Crippen LogP contribution in [0.1, 0.15) is 18.1 Å². The van der Waals surface area contributed by atoms with Gasteiger partial charge in [0.05, 0.1) is 18.6 Å². The molecule has 2 aromatic carbocycles. The van der Waals surface area contributed by atoms with Crippen molar-refractivity contribution in [3.63, 3.8) is 0 Å². The van der Waals surface area contributed by atoms with Crippen molar-refractivity contribution in [1.82, 2.24) is 25.1 Å². The SMILES string of the molecule is COc1cccc(/C(C)=N/Nc2nnc(SCC(=O)Nc3nnc(SCc4ccccc4Cl)s3)n2N)c1. The first-order chi connectivity index (χ1) is 17.9. The number of ether oxygens (including phenoxy) is 1. The van der Waals surface area contributed by atoms with Crippen molar-refractivity contribution in [2.75, 3.05) is 29.4 Å². The van der Waals surface area contributed by atoms with E-state index in [4.69, 9.17) is 22.2 Å². The molecule has 4 aromatic rings. The van der Waals surface area contributed by atoms with Crippen molar-refractivity contribution in [3.05, 3.63) is 64.7 Å². The lowest BCUT2D eigenvalue weighted by atomic mass is 10.1. The summed E-state index contributed by atoms with van der Waals surface area (Å²) in [4.78, 5) is 12.4. The van der Waals surface area contributed by atoms with E-state index in [0.717, 1.165) is 33.0 Å². The Labute approximate surface area is 230 Å². The van der Waals surface area contributed by atoms with Gasteiger partial charge in [0.15, 0.2) is 4.34 Å². The highest BCUT2D eigenvalue weighted by Gasteiger charge is 2.14. The largest absolute Gasteiger partial charge is 0.497 e. The van der Waals surface area contributed by atoms with Crippen LogP contribution in [0.2, 0.25) is 5.02 Å². The van der Waals surface area contributed by atoms with Gasteiger partial charge in [0, 0.05) is 16.3 Å². The van der Waals surface area contributed by atoms with E-state index in [-0.39, 0.29) is 17.6 Å². The summed E-state index contributed by atoms with van der Waals surface area (Å²) in [6.07, 6.45) is 0. The number of anilines is 2. The number of nitrogen functional groups attached to an aromatic ring is 1. The zero-order valence-corrected chi connectivity index (χ0v) is 22.9. The average Bonchev–Trinajstić information content (AvgIpc) is 3.51. The maximum absolute atomic E-state index is 12.4. The molecule has 0 spiro atoms. The van der Waals surface area contributed by atoms with Crippen LogP contribution in [0.25, 0.3) is 0 Å². The second-order valence-corrected chi connectivity index (χ2v) is 10.9. The summed E-state index contributed by atoms with van der Waals surface area (Å²) in [7, 11) is 1.61. The minimum atomic E-state index is -0.270.